The lowest BCUT2D eigenvalue weighted by atomic mass is 10.00. The fourth-order valence-electron chi connectivity index (χ4n) is 4.95. The van der Waals surface area contributed by atoms with Crippen LogP contribution in [0.1, 0.15) is 115 Å². The molecule has 0 bridgehead atoms. The van der Waals surface area contributed by atoms with Crippen LogP contribution in [-0.4, -0.2) is 19.3 Å². The van der Waals surface area contributed by atoms with Crippen LogP contribution in [-0.2, 0) is 28.9 Å². The van der Waals surface area contributed by atoms with Crippen molar-refractivity contribution in [3.63, 3.8) is 0 Å². The molecule has 0 spiro atoms. The zero-order chi connectivity index (χ0) is 26.6. The Morgan fingerprint density at radius 1 is 0.595 bits per heavy atom. The van der Waals surface area contributed by atoms with Crippen LogP contribution >= 0.6 is 0 Å². The van der Waals surface area contributed by atoms with Gasteiger partial charge in [-0.2, -0.15) is 0 Å². The van der Waals surface area contributed by atoms with Crippen molar-refractivity contribution in [2.45, 2.75) is 124 Å². The van der Waals surface area contributed by atoms with Crippen LogP contribution in [0.2, 0.25) is 0 Å². The van der Waals surface area contributed by atoms with Crippen LogP contribution in [0.5, 0.6) is 0 Å². The highest BCUT2D eigenvalue weighted by molar-refractivity contribution is 5.23. The van der Waals surface area contributed by atoms with Crippen LogP contribution < -0.4 is 0 Å². The number of aryl methyl sites for hydroxylation is 2. The van der Waals surface area contributed by atoms with E-state index in [4.69, 9.17) is 9.47 Å². The van der Waals surface area contributed by atoms with E-state index in [1.807, 2.05) is 6.07 Å². The summed E-state index contributed by atoms with van der Waals surface area (Å²) >= 11 is 0. The van der Waals surface area contributed by atoms with Gasteiger partial charge in [0, 0.05) is 6.61 Å². The summed E-state index contributed by atoms with van der Waals surface area (Å²) in [5.41, 5.74) is 4.25. The van der Waals surface area contributed by atoms with E-state index in [0.717, 1.165) is 25.4 Å². The van der Waals surface area contributed by atoms with E-state index < -0.39 is 0 Å². The molecule has 0 aliphatic carbocycles. The number of rotatable bonds is 22. The van der Waals surface area contributed by atoms with Gasteiger partial charge in [0.25, 0.3) is 0 Å². The summed E-state index contributed by atoms with van der Waals surface area (Å²) in [7, 11) is 0. The summed E-state index contributed by atoms with van der Waals surface area (Å²) in [6.45, 7) is 11.4. The third-order valence-electron chi connectivity index (χ3n) is 7.11. The molecule has 0 radical (unpaired) electrons. The van der Waals surface area contributed by atoms with Crippen molar-refractivity contribution in [3.05, 3.63) is 71.3 Å². The van der Waals surface area contributed by atoms with Crippen molar-refractivity contribution in [1.29, 1.82) is 0 Å². The van der Waals surface area contributed by atoms with Crippen LogP contribution in [0.15, 0.2) is 54.6 Å². The zero-order valence-corrected chi connectivity index (χ0v) is 24.6. The second-order valence-electron chi connectivity index (χ2n) is 11.8. The van der Waals surface area contributed by atoms with Crippen molar-refractivity contribution >= 4 is 0 Å². The fraction of sp³-hybridized carbons (Fsp3) is 0.657. The van der Waals surface area contributed by atoms with E-state index >= 15 is 0 Å². The van der Waals surface area contributed by atoms with Gasteiger partial charge in [-0.3, -0.25) is 0 Å². The van der Waals surface area contributed by atoms with E-state index in [1.54, 1.807) is 0 Å². The molecule has 0 fully saturated rings. The van der Waals surface area contributed by atoms with Crippen molar-refractivity contribution in [2.24, 2.45) is 11.8 Å². The lowest BCUT2D eigenvalue weighted by molar-refractivity contribution is -0.0346. The smallest absolute Gasteiger partial charge is 0.0815 e. The molecule has 2 rings (SSSR count). The Morgan fingerprint density at radius 3 is 1.84 bits per heavy atom. The van der Waals surface area contributed by atoms with E-state index in [-0.39, 0.29) is 6.10 Å². The van der Waals surface area contributed by atoms with Crippen molar-refractivity contribution < 1.29 is 9.47 Å². The highest BCUT2D eigenvalue weighted by Crippen LogP contribution is 2.16. The van der Waals surface area contributed by atoms with Gasteiger partial charge in [-0.25, -0.2) is 0 Å². The summed E-state index contributed by atoms with van der Waals surface area (Å²) in [5, 5.41) is 0. The van der Waals surface area contributed by atoms with Gasteiger partial charge >= 0.3 is 0 Å². The second kappa shape index (κ2) is 20.3. The molecule has 1 unspecified atom stereocenters. The van der Waals surface area contributed by atoms with Crippen molar-refractivity contribution in [3.8, 4) is 0 Å². The average Bonchev–Trinajstić information content (AvgIpc) is 2.88. The van der Waals surface area contributed by atoms with Crippen molar-refractivity contribution in [1.82, 2.24) is 0 Å². The molecule has 208 valence electrons. The Kier molecular flexibility index (Phi) is 17.4. The largest absolute Gasteiger partial charge is 0.379 e. The van der Waals surface area contributed by atoms with E-state index in [1.165, 1.54) is 87.3 Å². The Morgan fingerprint density at radius 2 is 1.19 bits per heavy atom. The summed E-state index contributed by atoms with van der Waals surface area (Å²) < 4.78 is 12.2. The van der Waals surface area contributed by atoms with Gasteiger partial charge in [-0.15, -0.1) is 0 Å². The van der Waals surface area contributed by atoms with E-state index in [0.29, 0.717) is 19.1 Å². The number of hydrogen-bond donors (Lipinski definition) is 0. The van der Waals surface area contributed by atoms with E-state index in [2.05, 4.69) is 76.2 Å². The number of hydrogen-bond acceptors (Lipinski definition) is 2. The first-order valence-electron chi connectivity index (χ1n) is 15.3. The quantitative estimate of drug-likeness (QED) is 0.147. The standard InChI is InChI=1S/C35H56O2/c1-30(2)18-11-7-5-6-8-12-19-32-23-17-24-33(27-32)20-15-10-16-25-36-29-35(26-31(3)4)37-28-34-21-13-9-14-22-34/h9,13-14,17,21-24,27,30-31,35H,5-8,10-12,15-16,18-20,25-26,28-29H2,1-4H3. The van der Waals surface area contributed by atoms with Crippen LogP contribution in [0, 0.1) is 11.8 Å². The van der Waals surface area contributed by atoms with Crippen LogP contribution in [0.4, 0.5) is 0 Å². The van der Waals surface area contributed by atoms with Gasteiger partial charge in [-0.05, 0) is 67.1 Å². The molecule has 0 aromatic heterocycles. The number of benzene rings is 2. The third kappa shape index (κ3) is 16.7. The molecule has 2 nitrogen and oxygen atoms in total. The molecular formula is C35H56O2. The lowest BCUT2D eigenvalue weighted by Crippen LogP contribution is -2.22. The van der Waals surface area contributed by atoms with Gasteiger partial charge in [0.15, 0.2) is 0 Å². The molecule has 0 aliphatic rings. The molecule has 37 heavy (non-hydrogen) atoms. The van der Waals surface area contributed by atoms with Gasteiger partial charge in [0.1, 0.15) is 0 Å². The first-order chi connectivity index (χ1) is 18.0. The minimum atomic E-state index is 0.174. The van der Waals surface area contributed by atoms with Gasteiger partial charge < -0.3 is 9.47 Å². The second-order valence-corrected chi connectivity index (χ2v) is 11.8. The first-order valence-corrected chi connectivity index (χ1v) is 15.3. The molecule has 0 N–H and O–H groups in total. The highest BCUT2D eigenvalue weighted by atomic mass is 16.5. The monoisotopic (exact) mass is 508 g/mol. The van der Waals surface area contributed by atoms with Crippen LogP contribution in [0.25, 0.3) is 0 Å². The third-order valence-corrected chi connectivity index (χ3v) is 7.11. The summed E-state index contributed by atoms with van der Waals surface area (Å²) in [4.78, 5) is 0. The first kappa shape index (κ1) is 31.6. The molecule has 0 aliphatic heterocycles. The zero-order valence-electron chi connectivity index (χ0n) is 24.6. The maximum atomic E-state index is 6.18. The molecule has 2 heteroatoms. The minimum absolute atomic E-state index is 0.174. The maximum absolute atomic E-state index is 6.18. The molecule has 1 atom stereocenters. The topological polar surface area (TPSA) is 18.5 Å². The Hall–Kier alpha value is -1.64. The summed E-state index contributed by atoms with van der Waals surface area (Å²) in [6, 6.07) is 19.8. The van der Waals surface area contributed by atoms with Gasteiger partial charge in [0.05, 0.1) is 19.3 Å². The summed E-state index contributed by atoms with van der Waals surface area (Å²) in [5.74, 6) is 1.47. The molecule has 0 saturated heterocycles. The number of unbranched alkanes of at least 4 members (excludes halogenated alkanes) is 7. The average molecular weight is 509 g/mol. The van der Waals surface area contributed by atoms with Gasteiger partial charge in [-0.1, -0.05) is 127 Å². The maximum Gasteiger partial charge on any atom is 0.0815 e. The molecule has 0 heterocycles. The van der Waals surface area contributed by atoms with E-state index in [9.17, 15) is 0 Å². The normalized spacial score (nSPS) is 12.5. The highest BCUT2D eigenvalue weighted by Gasteiger charge is 2.12. The Bertz CT molecular complexity index is 783. The van der Waals surface area contributed by atoms with Crippen LogP contribution in [0.3, 0.4) is 0 Å². The molecule has 2 aromatic carbocycles. The predicted octanol–water partition coefficient (Wildman–Crippen LogP) is 9.98. The Balaban J connectivity index is 1.52. The molecule has 0 saturated carbocycles. The van der Waals surface area contributed by atoms with Crippen molar-refractivity contribution in [2.75, 3.05) is 13.2 Å². The predicted molar refractivity (Wildman–Crippen MR) is 160 cm³/mol. The van der Waals surface area contributed by atoms with Gasteiger partial charge in [0.2, 0.25) is 0 Å². The molecule has 0 amide bonds. The minimum Gasteiger partial charge on any atom is -0.379 e. The summed E-state index contributed by atoms with van der Waals surface area (Å²) in [6.07, 6.45) is 17.0. The number of ether oxygens (including phenoxy) is 2. The fourth-order valence-corrected chi connectivity index (χ4v) is 4.95. The SMILES string of the molecule is CC(C)CCCCCCCCc1cccc(CCCCCOCC(CC(C)C)OCc2ccccc2)c1. The molecular weight excluding hydrogens is 452 g/mol. The Labute approximate surface area is 229 Å². The lowest BCUT2D eigenvalue weighted by Gasteiger charge is -2.20. The molecule has 2 aromatic rings.